The van der Waals surface area contributed by atoms with Crippen LogP contribution in [-0.4, -0.2) is 67.3 Å². The van der Waals surface area contributed by atoms with Gasteiger partial charge in [0, 0.05) is 62.2 Å². The fraction of sp³-hybridized carbons (Fsp3) is 0.417. The summed E-state index contributed by atoms with van der Waals surface area (Å²) in [5.41, 5.74) is 4.17. The zero-order valence-electron chi connectivity index (χ0n) is 17.8. The van der Waals surface area contributed by atoms with E-state index in [1.165, 1.54) is 5.69 Å². The van der Waals surface area contributed by atoms with Gasteiger partial charge in [-0.25, -0.2) is 4.98 Å². The predicted molar refractivity (Wildman–Crippen MR) is 120 cm³/mol. The van der Waals surface area contributed by atoms with E-state index in [0.717, 1.165) is 67.1 Å². The summed E-state index contributed by atoms with van der Waals surface area (Å²) < 4.78 is 10.7. The van der Waals surface area contributed by atoms with Crippen LogP contribution < -0.4 is 9.64 Å². The average Bonchev–Trinajstić information content (AvgIpc) is 3.57. The van der Waals surface area contributed by atoms with Crippen molar-refractivity contribution < 1.29 is 14.3 Å². The van der Waals surface area contributed by atoms with Crippen molar-refractivity contribution >= 4 is 22.6 Å². The van der Waals surface area contributed by atoms with E-state index in [1.807, 2.05) is 23.2 Å². The number of carbonyl (C=O) groups excluding carboxylic acids is 1. The van der Waals surface area contributed by atoms with Crippen LogP contribution in [0.25, 0.3) is 22.3 Å². The highest BCUT2D eigenvalue weighted by molar-refractivity contribution is 5.94. The number of benzene rings is 1. The van der Waals surface area contributed by atoms with Gasteiger partial charge >= 0.3 is 0 Å². The summed E-state index contributed by atoms with van der Waals surface area (Å²) in [7, 11) is 1.66. The Bertz CT molecular complexity index is 1050. The summed E-state index contributed by atoms with van der Waals surface area (Å²) in [6, 6.07) is 12.3. The third kappa shape index (κ3) is 4.23. The van der Waals surface area contributed by atoms with Gasteiger partial charge in [0.25, 0.3) is 0 Å². The van der Waals surface area contributed by atoms with Crippen molar-refractivity contribution in [1.82, 2.24) is 14.9 Å². The molecule has 1 N–H and O–H groups in total. The normalized spacial score (nSPS) is 16.7. The molecular weight excluding hydrogens is 392 g/mol. The Morgan fingerprint density at radius 2 is 1.87 bits per heavy atom. The van der Waals surface area contributed by atoms with Gasteiger partial charge in [0.1, 0.15) is 18.0 Å². The van der Waals surface area contributed by atoms with E-state index >= 15 is 0 Å². The molecule has 0 unspecified atom stereocenters. The van der Waals surface area contributed by atoms with Gasteiger partial charge in [0.15, 0.2) is 0 Å². The molecule has 0 spiro atoms. The van der Waals surface area contributed by atoms with E-state index in [-0.39, 0.29) is 0 Å². The highest BCUT2D eigenvalue weighted by Crippen LogP contribution is 2.33. The van der Waals surface area contributed by atoms with Crippen molar-refractivity contribution in [2.45, 2.75) is 12.8 Å². The standard InChI is InChI=1S/C24H28N4O3/c1-30-14-15-31-19-6-4-17(5-7-19)21-16-20-22(8-9-25-23(20)26-21)27-10-12-28(13-11-27)24(29)18-2-3-18/h4-9,16,18H,2-3,10-15H2,1H3,(H,25,26). The number of nitrogens with zero attached hydrogens (tertiary/aromatic N) is 3. The fourth-order valence-electron chi connectivity index (χ4n) is 4.17. The number of aromatic amines is 1. The number of carbonyl (C=O) groups is 1. The van der Waals surface area contributed by atoms with Crippen LogP contribution in [-0.2, 0) is 9.53 Å². The highest BCUT2D eigenvalue weighted by atomic mass is 16.5. The number of H-pyrrole nitrogens is 1. The minimum atomic E-state index is 0.295. The predicted octanol–water partition coefficient (Wildman–Crippen LogP) is 3.31. The van der Waals surface area contributed by atoms with Gasteiger partial charge in [-0.3, -0.25) is 4.79 Å². The molecule has 0 atom stereocenters. The topological polar surface area (TPSA) is 70.7 Å². The Hall–Kier alpha value is -3.06. The first kappa shape index (κ1) is 19.9. The smallest absolute Gasteiger partial charge is 0.225 e. The first-order chi connectivity index (χ1) is 15.2. The van der Waals surface area contributed by atoms with Crippen molar-refractivity contribution in [2.24, 2.45) is 5.92 Å². The molecule has 1 amide bonds. The molecule has 3 aromatic rings. The number of nitrogens with one attached hydrogen (secondary N) is 1. The number of rotatable bonds is 7. The lowest BCUT2D eigenvalue weighted by molar-refractivity contribution is -0.132. The Morgan fingerprint density at radius 3 is 2.58 bits per heavy atom. The first-order valence-electron chi connectivity index (χ1n) is 11.0. The molecule has 1 aliphatic heterocycles. The number of hydrogen-bond acceptors (Lipinski definition) is 5. The molecular formula is C24H28N4O3. The van der Waals surface area contributed by atoms with E-state index in [4.69, 9.17) is 9.47 Å². The van der Waals surface area contributed by atoms with Crippen molar-refractivity contribution in [3.63, 3.8) is 0 Å². The van der Waals surface area contributed by atoms with E-state index in [0.29, 0.717) is 25.0 Å². The molecule has 7 nitrogen and oxygen atoms in total. The summed E-state index contributed by atoms with van der Waals surface area (Å²) in [4.78, 5) is 24.7. The molecule has 0 bridgehead atoms. The highest BCUT2D eigenvalue weighted by Gasteiger charge is 2.34. The molecule has 1 aromatic carbocycles. The number of aromatic nitrogens is 2. The molecule has 1 saturated carbocycles. The molecule has 31 heavy (non-hydrogen) atoms. The van der Waals surface area contributed by atoms with Gasteiger partial charge in [-0.15, -0.1) is 0 Å². The van der Waals surface area contributed by atoms with Gasteiger partial charge < -0.3 is 24.3 Å². The Balaban J connectivity index is 1.32. The maximum Gasteiger partial charge on any atom is 0.225 e. The number of anilines is 1. The van der Waals surface area contributed by atoms with Crippen molar-refractivity contribution in [3.05, 3.63) is 42.6 Å². The number of ether oxygens (including phenoxy) is 2. The summed E-state index contributed by atoms with van der Waals surface area (Å²) in [6.45, 7) is 4.40. The number of fused-ring (bicyclic) bond motifs is 1. The van der Waals surface area contributed by atoms with Crippen LogP contribution in [0.3, 0.4) is 0 Å². The van der Waals surface area contributed by atoms with Gasteiger partial charge in [0.2, 0.25) is 5.91 Å². The van der Waals surface area contributed by atoms with Gasteiger partial charge in [-0.1, -0.05) is 0 Å². The molecule has 2 aromatic heterocycles. The van der Waals surface area contributed by atoms with Crippen LogP contribution in [0.4, 0.5) is 5.69 Å². The number of piperazine rings is 1. The van der Waals surface area contributed by atoms with Crippen molar-refractivity contribution in [3.8, 4) is 17.0 Å². The van der Waals surface area contributed by atoms with Crippen LogP contribution >= 0.6 is 0 Å². The lowest BCUT2D eigenvalue weighted by atomic mass is 10.1. The van der Waals surface area contributed by atoms with Gasteiger partial charge in [0.05, 0.1) is 6.61 Å². The van der Waals surface area contributed by atoms with Crippen molar-refractivity contribution in [2.75, 3.05) is 51.4 Å². The molecule has 162 valence electrons. The summed E-state index contributed by atoms with van der Waals surface area (Å²) in [5.74, 6) is 1.47. The van der Waals surface area contributed by atoms with Gasteiger partial charge in [-0.05, 0) is 54.8 Å². The Morgan fingerprint density at radius 1 is 1.10 bits per heavy atom. The van der Waals surface area contributed by atoms with Crippen LogP contribution in [0, 0.1) is 5.92 Å². The molecule has 2 aliphatic rings. The van der Waals surface area contributed by atoms with Crippen LogP contribution in [0.2, 0.25) is 0 Å². The quantitative estimate of drug-likeness (QED) is 0.594. The van der Waals surface area contributed by atoms with Crippen LogP contribution in [0.5, 0.6) is 5.75 Å². The van der Waals surface area contributed by atoms with E-state index in [9.17, 15) is 4.79 Å². The summed E-state index contributed by atoms with van der Waals surface area (Å²) in [5, 5.41) is 1.11. The molecule has 1 saturated heterocycles. The van der Waals surface area contributed by atoms with E-state index in [1.54, 1.807) is 7.11 Å². The third-order valence-electron chi connectivity index (χ3n) is 6.09. The maximum atomic E-state index is 12.4. The maximum absolute atomic E-state index is 12.4. The number of methoxy groups -OCH3 is 1. The zero-order valence-corrected chi connectivity index (χ0v) is 17.8. The second-order valence-corrected chi connectivity index (χ2v) is 8.23. The van der Waals surface area contributed by atoms with Gasteiger partial charge in [-0.2, -0.15) is 0 Å². The molecule has 7 heteroatoms. The summed E-state index contributed by atoms with van der Waals surface area (Å²) in [6.07, 6.45) is 3.99. The third-order valence-corrected chi connectivity index (χ3v) is 6.09. The number of hydrogen-bond donors (Lipinski definition) is 1. The Kier molecular flexibility index (Phi) is 5.51. The minimum Gasteiger partial charge on any atom is -0.491 e. The largest absolute Gasteiger partial charge is 0.491 e. The molecule has 3 heterocycles. The monoisotopic (exact) mass is 420 g/mol. The summed E-state index contributed by atoms with van der Waals surface area (Å²) >= 11 is 0. The Labute approximate surface area is 182 Å². The first-order valence-corrected chi connectivity index (χ1v) is 11.0. The SMILES string of the molecule is COCCOc1ccc(-c2cc3c(N4CCN(C(=O)C5CC5)CC4)ccnc3[nH]2)cc1. The second-order valence-electron chi connectivity index (χ2n) is 8.23. The number of pyridine rings is 1. The molecule has 5 rings (SSSR count). The van der Waals surface area contributed by atoms with E-state index in [2.05, 4.69) is 39.1 Å². The van der Waals surface area contributed by atoms with E-state index < -0.39 is 0 Å². The van der Waals surface area contributed by atoms with Crippen LogP contribution in [0.1, 0.15) is 12.8 Å². The minimum absolute atomic E-state index is 0.295. The lowest BCUT2D eigenvalue weighted by Crippen LogP contribution is -2.49. The molecule has 0 radical (unpaired) electrons. The molecule has 2 fully saturated rings. The van der Waals surface area contributed by atoms with Crippen LogP contribution in [0.15, 0.2) is 42.6 Å². The lowest BCUT2D eigenvalue weighted by Gasteiger charge is -2.36. The fourth-order valence-corrected chi connectivity index (χ4v) is 4.17. The average molecular weight is 421 g/mol. The molecule has 1 aliphatic carbocycles. The number of amides is 1. The zero-order chi connectivity index (χ0) is 21.2. The van der Waals surface area contributed by atoms with Crippen molar-refractivity contribution in [1.29, 1.82) is 0 Å². The second kappa shape index (κ2) is 8.59.